The lowest BCUT2D eigenvalue weighted by Gasteiger charge is -2.33. The SMILES string of the molecule is Cc1ccc2cc(CN(Cc3ccco3)C(c3nnnn3C3CCCC3)C(C)C)c(=O)[nH]c2c1. The zero-order chi connectivity index (χ0) is 23.7. The van der Waals surface area contributed by atoms with Gasteiger partial charge in [-0.15, -0.1) is 5.10 Å². The monoisotopic (exact) mass is 460 g/mol. The lowest BCUT2D eigenvalue weighted by molar-refractivity contribution is 0.114. The number of benzene rings is 1. The van der Waals surface area contributed by atoms with E-state index in [9.17, 15) is 4.79 Å². The third kappa shape index (κ3) is 4.55. The first-order valence-electron chi connectivity index (χ1n) is 12.2. The minimum Gasteiger partial charge on any atom is -0.468 e. The molecule has 178 valence electrons. The quantitative estimate of drug-likeness (QED) is 0.401. The average molecular weight is 461 g/mol. The Balaban J connectivity index is 1.55. The molecule has 0 amide bonds. The van der Waals surface area contributed by atoms with Gasteiger partial charge in [0.15, 0.2) is 5.82 Å². The molecule has 1 aliphatic carbocycles. The van der Waals surface area contributed by atoms with Gasteiger partial charge in [0.2, 0.25) is 0 Å². The molecule has 0 bridgehead atoms. The summed E-state index contributed by atoms with van der Waals surface area (Å²) in [4.78, 5) is 18.4. The maximum atomic E-state index is 13.1. The minimum atomic E-state index is -0.0752. The predicted molar refractivity (Wildman–Crippen MR) is 130 cm³/mol. The number of hydrogen-bond acceptors (Lipinski definition) is 6. The predicted octanol–water partition coefficient (Wildman–Crippen LogP) is 4.93. The smallest absolute Gasteiger partial charge is 0.252 e. The Morgan fingerprint density at radius 1 is 1.18 bits per heavy atom. The zero-order valence-electron chi connectivity index (χ0n) is 20.1. The summed E-state index contributed by atoms with van der Waals surface area (Å²) in [7, 11) is 0. The Morgan fingerprint density at radius 3 is 2.74 bits per heavy atom. The molecule has 1 aliphatic rings. The van der Waals surface area contributed by atoms with Crippen molar-refractivity contribution in [2.75, 3.05) is 0 Å². The summed E-state index contributed by atoms with van der Waals surface area (Å²) in [6, 6.07) is 12.3. The van der Waals surface area contributed by atoms with E-state index in [4.69, 9.17) is 4.42 Å². The fraction of sp³-hybridized carbons (Fsp3) is 0.462. The maximum Gasteiger partial charge on any atom is 0.252 e. The first-order chi connectivity index (χ1) is 16.5. The van der Waals surface area contributed by atoms with E-state index in [2.05, 4.69) is 51.4 Å². The van der Waals surface area contributed by atoms with Crippen LogP contribution < -0.4 is 5.56 Å². The Morgan fingerprint density at radius 2 is 2.00 bits per heavy atom. The van der Waals surface area contributed by atoms with Crippen molar-refractivity contribution >= 4 is 10.9 Å². The molecule has 4 aromatic rings. The molecule has 8 nitrogen and oxygen atoms in total. The number of aromatic amines is 1. The van der Waals surface area contributed by atoms with Gasteiger partial charge in [0, 0.05) is 17.6 Å². The van der Waals surface area contributed by atoms with Gasteiger partial charge in [0.25, 0.3) is 5.56 Å². The van der Waals surface area contributed by atoms with Crippen LogP contribution in [-0.4, -0.2) is 30.1 Å². The summed E-state index contributed by atoms with van der Waals surface area (Å²) in [5.41, 5.74) is 2.62. The van der Waals surface area contributed by atoms with Crippen molar-refractivity contribution < 1.29 is 4.42 Å². The van der Waals surface area contributed by atoms with Gasteiger partial charge >= 0.3 is 0 Å². The van der Waals surface area contributed by atoms with Gasteiger partial charge in [0.05, 0.1) is 24.9 Å². The van der Waals surface area contributed by atoms with Crippen LogP contribution in [0.2, 0.25) is 0 Å². The number of rotatable bonds is 8. The van der Waals surface area contributed by atoms with Gasteiger partial charge in [-0.05, 0) is 71.3 Å². The van der Waals surface area contributed by atoms with E-state index in [1.807, 2.05) is 35.9 Å². The molecule has 1 atom stereocenters. The van der Waals surface area contributed by atoms with Gasteiger partial charge < -0.3 is 9.40 Å². The number of aromatic nitrogens is 5. The molecule has 34 heavy (non-hydrogen) atoms. The summed E-state index contributed by atoms with van der Waals surface area (Å²) in [5.74, 6) is 1.93. The minimum absolute atomic E-state index is 0.0690. The molecule has 1 fully saturated rings. The maximum absolute atomic E-state index is 13.1. The number of nitrogens with zero attached hydrogens (tertiary/aromatic N) is 5. The highest BCUT2D eigenvalue weighted by Crippen LogP contribution is 2.35. The topological polar surface area (TPSA) is 92.8 Å². The molecule has 3 aromatic heterocycles. The van der Waals surface area contributed by atoms with Crippen LogP contribution in [0.1, 0.15) is 74.3 Å². The fourth-order valence-electron chi connectivity index (χ4n) is 5.24. The summed E-state index contributed by atoms with van der Waals surface area (Å²) < 4.78 is 7.73. The summed E-state index contributed by atoms with van der Waals surface area (Å²) >= 11 is 0. The van der Waals surface area contributed by atoms with Gasteiger partial charge in [-0.1, -0.05) is 38.8 Å². The standard InChI is InChI=1S/C26H32N6O2/c1-17(2)24(25-28-29-30-32(25)21-7-4-5-8-21)31(16-22-9-6-12-34-22)15-20-14-19-11-10-18(3)13-23(19)27-26(20)33/h6,9-14,17,21,24H,4-5,7-8,15-16H2,1-3H3,(H,27,33). The summed E-state index contributed by atoms with van der Waals surface area (Å²) in [5, 5.41) is 14.0. The van der Waals surface area contributed by atoms with Crippen LogP contribution in [0, 0.1) is 12.8 Å². The van der Waals surface area contributed by atoms with Gasteiger partial charge in [-0.2, -0.15) is 0 Å². The highest BCUT2D eigenvalue weighted by atomic mass is 16.3. The second-order valence-electron chi connectivity index (χ2n) is 9.81. The molecule has 1 aromatic carbocycles. The Hall–Kier alpha value is -3.26. The van der Waals surface area contributed by atoms with E-state index in [1.165, 1.54) is 12.8 Å². The van der Waals surface area contributed by atoms with E-state index >= 15 is 0 Å². The van der Waals surface area contributed by atoms with Crippen LogP contribution in [0.15, 0.2) is 51.9 Å². The van der Waals surface area contributed by atoms with Crippen LogP contribution in [0.25, 0.3) is 10.9 Å². The van der Waals surface area contributed by atoms with Crippen molar-refractivity contribution in [2.24, 2.45) is 5.92 Å². The fourth-order valence-corrected chi connectivity index (χ4v) is 5.24. The third-order valence-corrected chi connectivity index (χ3v) is 6.87. The molecule has 0 saturated heterocycles. The zero-order valence-corrected chi connectivity index (χ0v) is 20.1. The van der Waals surface area contributed by atoms with E-state index < -0.39 is 0 Å². The number of furan rings is 1. The van der Waals surface area contributed by atoms with Crippen molar-refractivity contribution in [3.63, 3.8) is 0 Å². The molecule has 5 rings (SSSR count). The first-order valence-corrected chi connectivity index (χ1v) is 12.2. The van der Waals surface area contributed by atoms with Crippen molar-refractivity contribution in [1.82, 2.24) is 30.1 Å². The van der Waals surface area contributed by atoms with E-state index in [-0.39, 0.29) is 17.5 Å². The molecular weight excluding hydrogens is 428 g/mol. The van der Waals surface area contributed by atoms with Crippen molar-refractivity contribution in [2.45, 2.75) is 71.6 Å². The second kappa shape index (κ2) is 9.54. The molecule has 0 aliphatic heterocycles. The van der Waals surface area contributed by atoms with Crippen molar-refractivity contribution in [3.8, 4) is 0 Å². The lowest BCUT2D eigenvalue weighted by atomic mass is 9.99. The number of hydrogen-bond donors (Lipinski definition) is 1. The Kier molecular flexibility index (Phi) is 6.32. The summed E-state index contributed by atoms with van der Waals surface area (Å²) in [6.45, 7) is 7.40. The van der Waals surface area contributed by atoms with Crippen LogP contribution in [0.5, 0.6) is 0 Å². The highest BCUT2D eigenvalue weighted by molar-refractivity contribution is 5.79. The van der Waals surface area contributed by atoms with Crippen molar-refractivity contribution in [3.05, 3.63) is 75.7 Å². The van der Waals surface area contributed by atoms with E-state index in [0.717, 1.165) is 40.9 Å². The van der Waals surface area contributed by atoms with Crippen LogP contribution in [-0.2, 0) is 13.1 Å². The average Bonchev–Trinajstić information content (AvgIpc) is 3.57. The van der Waals surface area contributed by atoms with Gasteiger partial charge in [-0.25, -0.2) is 4.68 Å². The number of nitrogens with one attached hydrogen (secondary N) is 1. The van der Waals surface area contributed by atoms with Crippen LogP contribution >= 0.6 is 0 Å². The third-order valence-electron chi connectivity index (χ3n) is 6.87. The molecular formula is C26H32N6O2. The number of fused-ring (bicyclic) bond motifs is 1. The molecule has 0 spiro atoms. The largest absolute Gasteiger partial charge is 0.468 e. The van der Waals surface area contributed by atoms with Crippen LogP contribution in [0.4, 0.5) is 0 Å². The normalized spacial score (nSPS) is 15.7. The molecule has 8 heteroatoms. The van der Waals surface area contributed by atoms with Crippen molar-refractivity contribution in [1.29, 1.82) is 0 Å². The Bertz CT molecular complexity index is 1300. The number of aryl methyl sites for hydroxylation is 1. The van der Waals surface area contributed by atoms with E-state index in [0.29, 0.717) is 24.7 Å². The van der Waals surface area contributed by atoms with Gasteiger partial charge in [0.1, 0.15) is 5.76 Å². The summed E-state index contributed by atoms with van der Waals surface area (Å²) in [6.07, 6.45) is 6.30. The van der Waals surface area contributed by atoms with Gasteiger partial charge in [-0.3, -0.25) is 9.69 Å². The second-order valence-corrected chi connectivity index (χ2v) is 9.81. The number of pyridine rings is 1. The number of H-pyrrole nitrogens is 1. The molecule has 0 radical (unpaired) electrons. The molecule has 3 heterocycles. The molecule has 1 saturated carbocycles. The highest BCUT2D eigenvalue weighted by Gasteiger charge is 2.33. The van der Waals surface area contributed by atoms with E-state index in [1.54, 1.807) is 6.26 Å². The lowest BCUT2D eigenvalue weighted by Crippen LogP contribution is -2.35. The number of tetrazole rings is 1. The Labute approximate surface area is 199 Å². The first kappa shape index (κ1) is 22.5. The molecule has 1 N–H and O–H groups in total. The molecule has 1 unspecified atom stereocenters. The van der Waals surface area contributed by atoms with Crippen LogP contribution in [0.3, 0.4) is 0 Å².